The number of aryl methyl sites for hydroxylation is 1. The fraction of sp³-hybridized carbons (Fsp3) is 0.231. The van der Waals surface area contributed by atoms with Gasteiger partial charge >= 0.3 is 0 Å². The highest BCUT2D eigenvalue weighted by Gasteiger charge is 2.10. The molecule has 1 unspecified atom stereocenters. The second-order valence-corrected chi connectivity index (χ2v) is 3.69. The lowest BCUT2D eigenvalue weighted by atomic mass is 10.1. The van der Waals surface area contributed by atoms with Gasteiger partial charge in [0.25, 0.3) is 0 Å². The molecule has 1 aromatic rings. The minimum absolute atomic E-state index is 0.350. The average molecular weight is 229 g/mol. The lowest BCUT2D eigenvalue weighted by Gasteiger charge is -2.08. The third kappa shape index (κ3) is 3.15. The van der Waals surface area contributed by atoms with E-state index in [4.69, 9.17) is 0 Å². The number of rotatable bonds is 3. The van der Waals surface area contributed by atoms with Gasteiger partial charge in [0.05, 0.1) is 0 Å². The Balaban J connectivity index is 1.99. The molecule has 3 nitrogen and oxygen atoms in total. The number of hydrogen-bond donors (Lipinski definition) is 1. The van der Waals surface area contributed by atoms with Crippen molar-refractivity contribution in [2.45, 2.75) is 13.1 Å². The molecule has 86 valence electrons. The zero-order chi connectivity index (χ0) is 12.1. The second-order valence-electron chi connectivity index (χ2n) is 3.69. The molecule has 0 amide bonds. The molecule has 0 aliphatic heterocycles. The van der Waals surface area contributed by atoms with Gasteiger partial charge in [0.1, 0.15) is 0 Å². The molecule has 0 bridgehead atoms. The van der Waals surface area contributed by atoms with Gasteiger partial charge in [-0.15, -0.1) is 0 Å². The minimum atomic E-state index is -1.23. The Bertz CT molecular complexity index is 506. The summed E-state index contributed by atoms with van der Waals surface area (Å²) in [5.74, 6) is 5.59. The molecule has 1 aliphatic carbocycles. The molecule has 4 heteroatoms. The molecule has 1 aliphatic rings. The quantitative estimate of drug-likeness (QED) is 0.806. The first kappa shape index (κ1) is 11.3. The summed E-state index contributed by atoms with van der Waals surface area (Å²) in [5.41, 5.74) is 1.57. The smallest absolute Gasteiger partial charge is 0.222 e. The number of halogens is 1. The van der Waals surface area contributed by atoms with Crippen LogP contribution in [0.25, 0.3) is 0 Å². The summed E-state index contributed by atoms with van der Waals surface area (Å²) in [6.45, 7) is 2.26. The predicted octanol–water partition coefficient (Wildman–Crippen LogP) is 2.03. The second kappa shape index (κ2) is 5.26. The van der Waals surface area contributed by atoms with E-state index in [0.29, 0.717) is 18.1 Å². The van der Waals surface area contributed by atoms with Crippen molar-refractivity contribution in [3.8, 4) is 11.8 Å². The van der Waals surface area contributed by atoms with E-state index < -0.39 is 6.17 Å². The normalized spacial score (nSPS) is 17.8. The van der Waals surface area contributed by atoms with Gasteiger partial charge in [-0.1, -0.05) is 24.0 Å². The van der Waals surface area contributed by atoms with Crippen LogP contribution in [-0.4, -0.2) is 22.7 Å². The summed E-state index contributed by atoms with van der Waals surface area (Å²) < 4.78 is 13.5. The minimum Gasteiger partial charge on any atom is -0.350 e. The predicted molar refractivity (Wildman–Crippen MR) is 65.2 cm³/mol. The SMILES string of the molecule is Cc1cnc(NCC2=CC=CC#CC2F)nc1. The van der Waals surface area contributed by atoms with Gasteiger partial charge in [0, 0.05) is 18.9 Å². The van der Waals surface area contributed by atoms with Crippen molar-refractivity contribution in [2.75, 3.05) is 11.9 Å². The third-order valence-corrected chi connectivity index (χ3v) is 2.26. The van der Waals surface area contributed by atoms with E-state index >= 15 is 0 Å². The topological polar surface area (TPSA) is 37.8 Å². The Morgan fingerprint density at radius 3 is 2.94 bits per heavy atom. The first-order valence-corrected chi connectivity index (χ1v) is 5.29. The van der Waals surface area contributed by atoms with Crippen molar-refractivity contribution in [3.05, 3.63) is 41.8 Å². The van der Waals surface area contributed by atoms with Gasteiger partial charge < -0.3 is 5.32 Å². The van der Waals surface area contributed by atoms with E-state index in [1.54, 1.807) is 30.6 Å². The Morgan fingerprint density at radius 1 is 1.41 bits per heavy atom. The maximum Gasteiger partial charge on any atom is 0.222 e. The molecule has 2 rings (SSSR count). The van der Waals surface area contributed by atoms with Crippen LogP contribution in [-0.2, 0) is 0 Å². The van der Waals surface area contributed by atoms with Gasteiger partial charge in [-0.2, -0.15) is 0 Å². The molecule has 1 atom stereocenters. The first-order valence-electron chi connectivity index (χ1n) is 5.29. The average Bonchev–Trinajstić information content (AvgIpc) is 2.54. The van der Waals surface area contributed by atoms with E-state index in [2.05, 4.69) is 27.1 Å². The van der Waals surface area contributed by atoms with Crippen molar-refractivity contribution >= 4 is 5.95 Å². The highest BCUT2D eigenvalue weighted by atomic mass is 19.1. The number of nitrogens with zero attached hydrogens (tertiary/aromatic N) is 2. The summed E-state index contributed by atoms with van der Waals surface area (Å²) in [5, 5.41) is 2.97. The van der Waals surface area contributed by atoms with Crippen molar-refractivity contribution < 1.29 is 4.39 Å². The molecule has 0 radical (unpaired) electrons. The van der Waals surface area contributed by atoms with Crippen LogP contribution in [0.5, 0.6) is 0 Å². The van der Waals surface area contributed by atoms with E-state index in [-0.39, 0.29) is 0 Å². The summed E-state index contributed by atoms with van der Waals surface area (Å²) in [4.78, 5) is 8.17. The Labute approximate surface area is 99.5 Å². The number of hydrogen-bond acceptors (Lipinski definition) is 3. The Hall–Kier alpha value is -2.15. The van der Waals surface area contributed by atoms with Crippen LogP contribution < -0.4 is 5.32 Å². The highest BCUT2D eigenvalue weighted by Crippen LogP contribution is 2.09. The molecule has 1 aromatic heterocycles. The summed E-state index contributed by atoms with van der Waals surface area (Å²) in [6, 6.07) is 0. The molecule has 0 saturated heterocycles. The zero-order valence-electron chi connectivity index (χ0n) is 9.44. The Kier molecular flexibility index (Phi) is 3.51. The van der Waals surface area contributed by atoms with Crippen molar-refractivity contribution in [2.24, 2.45) is 0 Å². The Morgan fingerprint density at radius 2 is 2.18 bits per heavy atom. The van der Waals surface area contributed by atoms with Crippen LogP contribution in [0.3, 0.4) is 0 Å². The number of nitrogens with one attached hydrogen (secondary N) is 1. The van der Waals surface area contributed by atoms with Crippen LogP contribution >= 0.6 is 0 Å². The molecular weight excluding hydrogens is 217 g/mol. The van der Waals surface area contributed by atoms with Crippen molar-refractivity contribution in [1.29, 1.82) is 0 Å². The third-order valence-electron chi connectivity index (χ3n) is 2.26. The van der Waals surface area contributed by atoms with Crippen molar-refractivity contribution in [3.63, 3.8) is 0 Å². The standard InChI is InChI=1S/C13H12FN3/c1-10-7-15-13(16-8-10)17-9-11-5-3-2-4-6-12(11)14/h2-3,5,7-8,12H,9H2,1H3,(H,15,16,17). The van der Waals surface area contributed by atoms with E-state index in [0.717, 1.165) is 5.56 Å². The first-order chi connectivity index (χ1) is 8.25. The maximum absolute atomic E-state index is 13.5. The van der Waals surface area contributed by atoms with Crippen LogP contribution in [0, 0.1) is 18.8 Å². The van der Waals surface area contributed by atoms with Crippen LogP contribution in [0.2, 0.25) is 0 Å². The number of anilines is 1. The fourth-order valence-corrected chi connectivity index (χ4v) is 1.33. The van der Waals surface area contributed by atoms with Crippen LogP contribution in [0.1, 0.15) is 5.56 Å². The molecule has 0 saturated carbocycles. The van der Waals surface area contributed by atoms with E-state index in [1.165, 1.54) is 0 Å². The van der Waals surface area contributed by atoms with Gasteiger partial charge in [-0.3, -0.25) is 0 Å². The molecule has 0 spiro atoms. The van der Waals surface area contributed by atoms with Gasteiger partial charge in [0.2, 0.25) is 5.95 Å². The van der Waals surface area contributed by atoms with E-state index in [9.17, 15) is 4.39 Å². The fourth-order valence-electron chi connectivity index (χ4n) is 1.33. The summed E-state index contributed by atoms with van der Waals surface area (Å²) in [6.07, 6.45) is 7.26. The van der Waals surface area contributed by atoms with E-state index in [1.807, 2.05) is 6.92 Å². The summed E-state index contributed by atoms with van der Waals surface area (Å²) in [7, 11) is 0. The van der Waals surface area contributed by atoms with Crippen LogP contribution in [0.4, 0.5) is 10.3 Å². The summed E-state index contributed by atoms with van der Waals surface area (Å²) >= 11 is 0. The van der Waals surface area contributed by atoms with Gasteiger partial charge in [-0.05, 0) is 24.1 Å². The number of allylic oxidation sites excluding steroid dienone is 3. The number of aromatic nitrogens is 2. The molecule has 0 fully saturated rings. The molecule has 1 heterocycles. The van der Waals surface area contributed by atoms with Crippen LogP contribution in [0.15, 0.2) is 36.2 Å². The zero-order valence-corrected chi connectivity index (χ0v) is 9.44. The van der Waals surface area contributed by atoms with Gasteiger partial charge in [0.15, 0.2) is 6.17 Å². The largest absolute Gasteiger partial charge is 0.350 e. The van der Waals surface area contributed by atoms with Gasteiger partial charge in [-0.25, -0.2) is 14.4 Å². The maximum atomic E-state index is 13.5. The molecule has 1 N–H and O–H groups in total. The lowest BCUT2D eigenvalue weighted by Crippen LogP contribution is -2.14. The molecule has 17 heavy (non-hydrogen) atoms. The highest BCUT2D eigenvalue weighted by molar-refractivity contribution is 5.38. The number of alkyl halides is 1. The monoisotopic (exact) mass is 229 g/mol. The molecular formula is C13H12FN3. The lowest BCUT2D eigenvalue weighted by molar-refractivity contribution is 0.460. The molecule has 0 aromatic carbocycles. The van der Waals surface area contributed by atoms with Crippen molar-refractivity contribution in [1.82, 2.24) is 9.97 Å².